The van der Waals surface area contributed by atoms with Crippen molar-refractivity contribution < 1.29 is 0 Å². The summed E-state index contributed by atoms with van der Waals surface area (Å²) in [7, 11) is 0. The van der Waals surface area contributed by atoms with E-state index in [9.17, 15) is 0 Å². The third kappa shape index (κ3) is 22.5. The van der Waals surface area contributed by atoms with Gasteiger partial charge in [0.05, 0.1) is 0 Å². The molecular weight excluding hydrogens is 148 g/mol. The van der Waals surface area contributed by atoms with Crippen molar-refractivity contribution in [3.63, 3.8) is 0 Å². The summed E-state index contributed by atoms with van der Waals surface area (Å²) in [6.45, 7) is 9.16. The summed E-state index contributed by atoms with van der Waals surface area (Å²) in [6, 6.07) is 0. The lowest BCUT2D eigenvalue weighted by Crippen LogP contribution is -2.30. The molecular formula is C10H26N2. The van der Waals surface area contributed by atoms with Crippen LogP contribution in [0.2, 0.25) is 0 Å². The van der Waals surface area contributed by atoms with E-state index >= 15 is 0 Å². The van der Waals surface area contributed by atoms with Gasteiger partial charge in [-0.2, -0.15) is 0 Å². The van der Waals surface area contributed by atoms with Crippen molar-refractivity contribution in [2.75, 3.05) is 6.54 Å². The standard InChI is InChI=1S/2C5H13N/c1-4-5(2,3)6;1-2-3-4-5-6/h4,6H2,1-3H3;2-6H2,1H3. The molecule has 0 aromatic carbocycles. The van der Waals surface area contributed by atoms with Gasteiger partial charge < -0.3 is 11.5 Å². The predicted octanol–water partition coefficient (Wildman–Crippen LogP) is 2.27. The molecule has 2 heteroatoms. The zero-order chi connectivity index (χ0) is 10.0. The van der Waals surface area contributed by atoms with Gasteiger partial charge in [0.25, 0.3) is 0 Å². The number of unbranched alkanes of at least 4 members (excludes halogenated alkanes) is 2. The highest BCUT2D eigenvalue weighted by Gasteiger charge is 2.03. The number of hydrogen-bond acceptors (Lipinski definition) is 2. The van der Waals surface area contributed by atoms with Crippen molar-refractivity contribution in [2.24, 2.45) is 11.5 Å². The van der Waals surface area contributed by atoms with Crippen molar-refractivity contribution in [1.29, 1.82) is 0 Å². The van der Waals surface area contributed by atoms with E-state index in [1.807, 2.05) is 13.8 Å². The maximum absolute atomic E-state index is 5.53. The van der Waals surface area contributed by atoms with Gasteiger partial charge in [0.2, 0.25) is 0 Å². The first-order valence-corrected chi connectivity index (χ1v) is 4.96. The summed E-state index contributed by atoms with van der Waals surface area (Å²) >= 11 is 0. The second-order valence-corrected chi connectivity index (χ2v) is 3.84. The molecule has 0 unspecified atom stereocenters. The van der Waals surface area contributed by atoms with Gasteiger partial charge in [-0.05, 0) is 33.2 Å². The molecule has 0 fully saturated rings. The maximum atomic E-state index is 5.53. The lowest BCUT2D eigenvalue weighted by molar-refractivity contribution is 0.501. The molecule has 0 aliphatic carbocycles. The second-order valence-electron chi connectivity index (χ2n) is 3.84. The van der Waals surface area contributed by atoms with Crippen LogP contribution in [0, 0.1) is 0 Å². The minimum atomic E-state index is 0.0417. The second kappa shape index (κ2) is 9.01. The quantitative estimate of drug-likeness (QED) is 0.642. The molecule has 0 saturated carbocycles. The summed E-state index contributed by atoms with van der Waals surface area (Å²) < 4.78 is 0. The molecule has 0 aromatic heterocycles. The zero-order valence-electron chi connectivity index (χ0n) is 9.19. The zero-order valence-corrected chi connectivity index (χ0v) is 9.19. The van der Waals surface area contributed by atoms with Gasteiger partial charge in [-0.15, -0.1) is 0 Å². The van der Waals surface area contributed by atoms with E-state index in [1.54, 1.807) is 0 Å². The number of nitrogens with two attached hydrogens (primary N) is 2. The Labute approximate surface area is 77.7 Å². The highest BCUT2D eigenvalue weighted by atomic mass is 14.7. The van der Waals surface area contributed by atoms with Crippen LogP contribution in [0.1, 0.15) is 53.4 Å². The van der Waals surface area contributed by atoms with E-state index in [4.69, 9.17) is 11.5 Å². The predicted molar refractivity (Wildman–Crippen MR) is 57.1 cm³/mol. The molecule has 0 rings (SSSR count). The minimum absolute atomic E-state index is 0.0417. The molecule has 0 aliphatic rings. The van der Waals surface area contributed by atoms with Gasteiger partial charge in [0.15, 0.2) is 0 Å². The monoisotopic (exact) mass is 174 g/mol. The highest BCUT2D eigenvalue weighted by Crippen LogP contribution is 1.99. The Morgan fingerprint density at radius 1 is 1.08 bits per heavy atom. The minimum Gasteiger partial charge on any atom is -0.330 e. The van der Waals surface area contributed by atoms with Crippen molar-refractivity contribution in [2.45, 2.75) is 58.9 Å². The van der Waals surface area contributed by atoms with Crippen LogP contribution in [-0.4, -0.2) is 12.1 Å². The molecule has 0 atom stereocenters. The van der Waals surface area contributed by atoms with E-state index in [1.165, 1.54) is 19.3 Å². The Hall–Kier alpha value is -0.0800. The smallest absolute Gasteiger partial charge is 0.00944 e. The van der Waals surface area contributed by atoms with Crippen LogP contribution in [0.25, 0.3) is 0 Å². The average Bonchev–Trinajstić information content (AvgIpc) is 2.01. The fraction of sp³-hybridized carbons (Fsp3) is 1.00. The Bertz CT molecular complexity index is 70.4. The molecule has 0 saturated heterocycles. The highest BCUT2D eigenvalue weighted by molar-refractivity contribution is 4.66. The average molecular weight is 174 g/mol. The van der Waals surface area contributed by atoms with Crippen LogP contribution >= 0.6 is 0 Å². The Balaban J connectivity index is 0. The summed E-state index contributed by atoms with van der Waals surface area (Å²) in [6.07, 6.45) is 4.80. The molecule has 0 aliphatic heterocycles. The van der Waals surface area contributed by atoms with Crippen LogP contribution in [0.5, 0.6) is 0 Å². The lowest BCUT2D eigenvalue weighted by atomic mass is 10.1. The van der Waals surface area contributed by atoms with Crippen LogP contribution in [0.3, 0.4) is 0 Å². The van der Waals surface area contributed by atoms with Gasteiger partial charge in [0.1, 0.15) is 0 Å². The molecule has 0 bridgehead atoms. The van der Waals surface area contributed by atoms with Gasteiger partial charge in [0, 0.05) is 5.54 Å². The first-order chi connectivity index (χ1) is 5.47. The Kier molecular flexibility index (Phi) is 10.8. The summed E-state index contributed by atoms with van der Waals surface area (Å²) in [5, 5.41) is 0. The van der Waals surface area contributed by atoms with Crippen LogP contribution in [0.4, 0.5) is 0 Å². The van der Waals surface area contributed by atoms with Gasteiger partial charge in [-0.1, -0.05) is 26.7 Å². The Morgan fingerprint density at radius 3 is 1.58 bits per heavy atom. The maximum Gasteiger partial charge on any atom is 0.00944 e. The normalized spacial score (nSPS) is 10.5. The Morgan fingerprint density at radius 2 is 1.50 bits per heavy atom. The van der Waals surface area contributed by atoms with E-state index in [2.05, 4.69) is 13.8 Å². The summed E-state index contributed by atoms with van der Waals surface area (Å²) in [4.78, 5) is 0. The topological polar surface area (TPSA) is 52.0 Å². The van der Waals surface area contributed by atoms with Gasteiger partial charge in [-0.25, -0.2) is 0 Å². The fourth-order valence-corrected chi connectivity index (χ4v) is 0.394. The van der Waals surface area contributed by atoms with Crippen molar-refractivity contribution in [3.05, 3.63) is 0 Å². The van der Waals surface area contributed by atoms with E-state index in [0.717, 1.165) is 13.0 Å². The molecule has 4 N–H and O–H groups in total. The van der Waals surface area contributed by atoms with Crippen molar-refractivity contribution >= 4 is 0 Å². The lowest BCUT2D eigenvalue weighted by Gasteiger charge is -2.13. The molecule has 0 aromatic rings. The van der Waals surface area contributed by atoms with Gasteiger partial charge in [-0.3, -0.25) is 0 Å². The SMILES string of the molecule is CCC(C)(C)N.CCCCCN. The summed E-state index contributed by atoms with van der Waals surface area (Å²) in [5.74, 6) is 0. The van der Waals surface area contributed by atoms with Gasteiger partial charge >= 0.3 is 0 Å². The largest absolute Gasteiger partial charge is 0.330 e. The first kappa shape index (κ1) is 14.4. The number of rotatable bonds is 4. The molecule has 0 spiro atoms. The molecule has 12 heavy (non-hydrogen) atoms. The molecule has 0 radical (unpaired) electrons. The fourth-order valence-electron chi connectivity index (χ4n) is 0.394. The van der Waals surface area contributed by atoms with Crippen molar-refractivity contribution in [1.82, 2.24) is 0 Å². The third-order valence-corrected chi connectivity index (χ3v) is 1.72. The van der Waals surface area contributed by atoms with E-state index < -0.39 is 0 Å². The third-order valence-electron chi connectivity index (χ3n) is 1.72. The molecule has 2 nitrogen and oxygen atoms in total. The molecule has 0 amide bonds. The van der Waals surface area contributed by atoms with Crippen LogP contribution < -0.4 is 11.5 Å². The van der Waals surface area contributed by atoms with Crippen LogP contribution in [0.15, 0.2) is 0 Å². The van der Waals surface area contributed by atoms with Crippen molar-refractivity contribution in [3.8, 4) is 0 Å². The first-order valence-electron chi connectivity index (χ1n) is 4.96. The molecule has 76 valence electrons. The van der Waals surface area contributed by atoms with Crippen LogP contribution in [-0.2, 0) is 0 Å². The van der Waals surface area contributed by atoms with E-state index in [0.29, 0.717) is 0 Å². The molecule has 0 heterocycles. The number of hydrogen-bond donors (Lipinski definition) is 2. The van der Waals surface area contributed by atoms with E-state index in [-0.39, 0.29) is 5.54 Å². The summed E-state index contributed by atoms with van der Waals surface area (Å²) in [5.41, 5.74) is 10.8.